The third kappa shape index (κ3) is 3.95. The minimum absolute atomic E-state index is 0.0625. The Balaban J connectivity index is 1.94. The first-order chi connectivity index (χ1) is 9.99. The molecule has 21 heavy (non-hydrogen) atoms. The van der Waals surface area contributed by atoms with E-state index in [1.165, 1.54) is 23.9 Å². The molecule has 6 nitrogen and oxygen atoms in total. The van der Waals surface area contributed by atoms with Crippen molar-refractivity contribution in [1.29, 1.82) is 0 Å². The summed E-state index contributed by atoms with van der Waals surface area (Å²) in [5, 5.41) is 13.6. The topological polar surface area (TPSA) is 75.5 Å². The first-order valence-electron chi connectivity index (χ1n) is 6.87. The number of carbonyl (C=O) groups is 1. The van der Waals surface area contributed by atoms with Gasteiger partial charge in [-0.05, 0) is 32.0 Å². The molecule has 1 aliphatic heterocycles. The Kier molecular flexibility index (Phi) is 5.19. The van der Waals surface area contributed by atoms with Gasteiger partial charge in [0.2, 0.25) is 5.91 Å². The summed E-state index contributed by atoms with van der Waals surface area (Å²) in [4.78, 5) is 25.2. The number of nitro benzene ring substituents is 1. The molecule has 1 amide bonds. The molecular formula is C14H19N3O3S. The second-order valence-corrected chi connectivity index (χ2v) is 6.52. The number of rotatable bonds is 5. The number of carbonyl (C=O) groups excluding carboxylic acids is 1. The fourth-order valence-electron chi connectivity index (χ4n) is 2.34. The number of thioether (sulfide) groups is 1. The summed E-state index contributed by atoms with van der Waals surface area (Å²) in [6.45, 7) is 3.66. The van der Waals surface area contributed by atoms with E-state index in [1.807, 2.05) is 18.9 Å². The predicted molar refractivity (Wildman–Crippen MR) is 82.5 cm³/mol. The number of nitrogens with one attached hydrogen (secondary N) is 1. The molecule has 114 valence electrons. The van der Waals surface area contributed by atoms with Crippen LogP contribution in [0.25, 0.3) is 0 Å². The van der Waals surface area contributed by atoms with Crippen molar-refractivity contribution >= 4 is 23.4 Å². The summed E-state index contributed by atoms with van der Waals surface area (Å²) >= 11 is 1.42. The molecular weight excluding hydrogens is 290 g/mol. The molecule has 2 rings (SSSR count). The lowest BCUT2D eigenvalue weighted by atomic mass is 10.2. The van der Waals surface area contributed by atoms with Crippen molar-refractivity contribution in [2.75, 3.05) is 20.1 Å². The smallest absolute Gasteiger partial charge is 0.269 e. The molecule has 0 saturated carbocycles. The van der Waals surface area contributed by atoms with Crippen molar-refractivity contribution in [3.63, 3.8) is 0 Å². The lowest BCUT2D eigenvalue weighted by Crippen LogP contribution is -2.42. The van der Waals surface area contributed by atoms with E-state index in [2.05, 4.69) is 5.32 Å². The molecule has 1 heterocycles. The zero-order valence-electron chi connectivity index (χ0n) is 12.1. The number of hydrogen-bond donors (Lipinski definition) is 1. The first-order valence-corrected chi connectivity index (χ1v) is 7.75. The lowest BCUT2D eigenvalue weighted by Gasteiger charge is -2.26. The van der Waals surface area contributed by atoms with Gasteiger partial charge < -0.3 is 10.2 Å². The fourth-order valence-corrected chi connectivity index (χ4v) is 3.31. The predicted octanol–water partition coefficient (Wildman–Crippen LogP) is 1.90. The van der Waals surface area contributed by atoms with Crippen LogP contribution in [0.3, 0.4) is 0 Å². The Morgan fingerprint density at radius 1 is 1.48 bits per heavy atom. The SMILES string of the molecule is CC(Sc1ccc([N+](=O)[O-])cc1)C(=O)N(C)C1CCNC1. The molecule has 1 saturated heterocycles. The van der Waals surface area contributed by atoms with Gasteiger partial charge in [0.05, 0.1) is 10.2 Å². The van der Waals surface area contributed by atoms with Crippen LogP contribution < -0.4 is 5.32 Å². The van der Waals surface area contributed by atoms with Crippen LogP contribution in [0, 0.1) is 10.1 Å². The number of non-ortho nitro benzene ring substituents is 1. The van der Waals surface area contributed by atoms with E-state index in [0.717, 1.165) is 24.4 Å². The summed E-state index contributed by atoms with van der Waals surface area (Å²) in [6.07, 6.45) is 0.983. The number of likely N-dealkylation sites (N-methyl/N-ethyl adjacent to an activating group) is 1. The molecule has 1 aromatic rings. The Hall–Kier alpha value is -1.60. The van der Waals surface area contributed by atoms with Gasteiger partial charge in [-0.3, -0.25) is 14.9 Å². The van der Waals surface area contributed by atoms with Crippen molar-refractivity contribution < 1.29 is 9.72 Å². The van der Waals surface area contributed by atoms with Gasteiger partial charge in [-0.1, -0.05) is 0 Å². The third-order valence-corrected chi connectivity index (χ3v) is 4.74. The number of hydrogen-bond acceptors (Lipinski definition) is 5. The van der Waals surface area contributed by atoms with Crippen molar-refractivity contribution in [3.8, 4) is 0 Å². The quantitative estimate of drug-likeness (QED) is 0.511. The Bertz CT molecular complexity index is 515. The number of nitrogens with zero attached hydrogens (tertiary/aromatic N) is 2. The molecule has 0 aromatic heterocycles. The number of amides is 1. The maximum absolute atomic E-state index is 12.4. The second kappa shape index (κ2) is 6.91. The normalized spacial score (nSPS) is 19.2. The molecule has 2 atom stereocenters. The molecule has 0 bridgehead atoms. The summed E-state index contributed by atoms with van der Waals surface area (Å²) in [5.74, 6) is 0.0899. The average molecular weight is 309 g/mol. The van der Waals surface area contributed by atoms with Gasteiger partial charge in [-0.2, -0.15) is 0 Å². The van der Waals surface area contributed by atoms with Crippen LogP contribution in [0.5, 0.6) is 0 Å². The molecule has 1 N–H and O–H groups in total. The van der Waals surface area contributed by atoms with Crippen molar-refractivity contribution in [3.05, 3.63) is 34.4 Å². The van der Waals surface area contributed by atoms with Crippen LogP contribution in [0.1, 0.15) is 13.3 Å². The lowest BCUT2D eigenvalue weighted by molar-refractivity contribution is -0.384. The monoisotopic (exact) mass is 309 g/mol. The van der Waals surface area contributed by atoms with Gasteiger partial charge in [0, 0.05) is 36.7 Å². The first kappa shape index (κ1) is 15.8. The van der Waals surface area contributed by atoms with Gasteiger partial charge in [0.1, 0.15) is 0 Å². The minimum atomic E-state index is -0.427. The summed E-state index contributed by atoms with van der Waals surface area (Å²) < 4.78 is 0. The number of benzene rings is 1. The van der Waals surface area contributed by atoms with Crippen LogP contribution in [0.15, 0.2) is 29.2 Å². The van der Waals surface area contributed by atoms with Crippen molar-refractivity contribution in [1.82, 2.24) is 10.2 Å². The van der Waals surface area contributed by atoms with E-state index < -0.39 is 4.92 Å². The molecule has 2 unspecified atom stereocenters. The Labute approximate surface area is 128 Å². The van der Waals surface area contributed by atoms with Crippen LogP contribution in [-0.2, 0) is 4.79 Å². The third-order valence-electron chi connectivity index (χ3n) is 3.64. The van der Waals surface area contributed by atoms with E-state index in [1.54, 1.807) is 12.1 Å². The second-order valence-electron chi connectivity index (χ2n) is 5.11. The molecule has 0 spiro atoms. The van der Waals surface area contributed by atoms with Gasteiger partial charge in [0.25, 0.3) is 5.69 Å². The van der Waals surface area contributed by atoms with Crippen molar-refractivity contribution in [2.24, 2.45) is 0 Å². The van der Waals surface area contributed by atoms with Gasteiger partial charge >= 0.3 is 0 Å². The van der Waals surface area contributed by atoms with Gasteiger partial charge in [0.15, 0.2) is 0 Å². The zero-order chi connectivity index (χ0) is 15.4. The standard InChI is InChI=1S/C14H19N3O3S/c1-10(14(18)16(2)12-7-8-15-9-12)21-13-5-3-11(4-6-13)17(19)20/h3-6,10,12,15H,7-9H2,1-2H3. The van der Waals surface area contributed by atoms with E-state index >= 15 is 0 Å². The molecule has 1 fully saturated rings. The number of nitro groups is 1. The molecule has 7 heteroatoms. The van der Waals surface area contributed by atoms with Gasteiger partial charge in [-0.15, -0.1) is 11.8 Å². The highest BCUT2D eigenvalue weighted by Crippen LogP contribution is 2.26. The van der Waals surface area contributed by atoms with E-state index in [4.69, 9.17) is 0 Å². The largest absolute Gasteiger partial charge is 0.340 e. The van der Waals surface area contributed by atoms with Crippen LogP contribution >= 0.6 is 11.8 Å². The highest BCUT2D eigenvalue weighted by Gasteiger charge is 2.26. The maximum atomic E-state index is 12.4. The summed E-state index contributed by atoms with van der Waals surface area (Å²) in [6, 6.07) is 6.55. The zero-order valence-corrected chi connectivity index (χ0v) is 12.9. The average Bonchev–Trinajstić information content (AvgIpc) is 3.00. The van der Waals surface area contributed by atoms with E-state index in [9.17, 15) is 14.9 Å². The van der Waals surface area contributed by atoms with Crippen LogP contribution in [-0.4, -0.2) is 47.2 Å². The van der Waals surface area contributed by atoms with E-state index in [-0.39, 0.29) is 22.9 Å². The fraction of sp³-hybridized carbons (Fsp3) is 0.500. The molecule has 1 aliphatic rings. The summed E-state index contributed by atoms with van der Waals surface area (Å²) in [5.41, 5.74) is 0.0625. The molecule has 1 aromatic carbocycles. The minimum Gasteiger partial charge on any atom is -0.340 e. The summed E-state index contributed by atoms with van der Waals surface area (Å²) in [7, 11) is 1.84. The highest BCUT2D eigenvalue weighted by molar-refractivity contribution is 8.00. The maximum Gasteiger partial charge on any atom is 0.269 e. The molecule has 0 aliphatic carbocycles. The Morgan fingerprint density at radius 3 is 2.67 bits per heavy atom. The van der Waals surface area contributed by atoms with Gasteiger partial charge in [-0.25, -0.2) is 0 Å². The van der Waals surface area contributed by atoms with Crippen LogP contribution in [0.4, 0.5) is 5.69 Å². The van der Waals surface area contributed by atoms with Crippen LogP contribution in [0.2, 0.25) is 0 Å². The van der Waals surface area contributed by atoms with E-state index in [0.29, 0.717) is 0 Å². The highest BCUT2D eigenvalue weighted by atomic mass is 32.2. The molecule has 0 radical (unpaired) electrons. The van der Waals surface area contributed by atoms with Crippen molar-refractivity contribution in [2.45, 2.75) is 29.5 Å². The Morgan fingerprint density at radius 2 is 2.14 bits per heavy atom.